The lowest BCUT2D eigenvalue weighted by molar-refractivity contribution is -0.105. The molecule has 30 heavy (non-hydrogen) atoms. The molecule has 182 valence electrons. The zero-order valence-electron chi connectivity index (χ0n) is 22.0. The van der Waals surface area contributed by atoms with Crippen LogP contribution in [0.15, 0.2) is 0 Å². The van der Waals surface area contributed by atoms with E-state index in [2.05, 4.69) is 34.6 Å². The molecule has 0 rings (SSSR count). The Balaban J connectivity index is 4.73. The van der Waals surface area contributed by atoms with E-state index in [1.807, 2.05) is 0 Å². The molecule has 0 bridgehead atoms. The SMILES string of the molecule is CCCCCCCCCCC(CCCCCCCC)C(CCC)(CCC)OCCC. The van der Waals surface area contributed by atoms with Gasteiger partial charge in [-0.15, -0.1) is 0 Å². The number of hydrogen-bond donors (Lipinski definition) is 0. The van der Waals surface area contributed by atoms with E-state index in [4.69, 9.17) is 4.74 Å². The minimum atomic E-state index is 0.157. The number of hydrogen-bond acceptors (Lipinski definition) is 1. The van der Waals surface area contributed by atoms with E-state index in [0.29, 0.717) is 0 Å². The number of ether oxygens (including phenoxy) is 1. The molecule has 0 radical (unpaired) electrons. The largest absolute Gasteiger partial charge is 0.375 e. The fraction of sp³-hybridized carbons (Fsp3) is 1.00. The van der Waals surface area contributed by atoms with Crippen molar-refractivity contribution in [2.24, 2.45) is 5.92 Å². The van der Waals surface area contributed by atoms with Gasteiger partial charge < -0.3 is 4.74 Å². The maximum Gasteiger partial charge on any atom is 0.0710 e. The Morgan fingerprint density at radius 2 is 0.867 bits per heavy atom. The lowest BCUT2D eigenvalue weighted by atomic mass is 9.74. The third-order valence-corrected chi connectivity index (χ3v) is 7.00. The lowest BCUT2D eigenvalue weighted by Gasteiger charge is -2.41. The Labute approximate surface area is 192 Å². The first-order valence-corrected chi connectivity index (χ1v) is 14.3. The first-order chi connectivity index (χ1) is 14.7. The van der Waals surface area contributed by atoms with Gasteiger partial charge in [0.25, 0.3) is 0 Å². The predicted molar refractivity (Wildman–Crippen MR) is 138 cm³/mol. The summed E-state index contributed by atoms with van der Waals surface area (Å²) in [6.45, 7) is 12.6. The molecule has 0 aromatic heterocycles. The van der Waals surface area contributed by atoms with Gasteiger partial charge in [-0.05, 0) is 38.0 Å². The zero-order valence-corrected chi connectivity index (χ0v) is 22.0. The molecule has 0 saturated carbocycles. The van der Waals surface area contributed by atoms with Crippen LogP contribution in [0.25, 0.3) is 0 Å². The van der Waals surface area contributed by atoms with Gasteiger partial charge in [0, 0.05) is 6.61 Å². The summed E-state index contributed by atoms with van der Waals surface area (Å²) in [5.74, 6) is 0.773. The zero-order chi connectivity index (χ0) is 22.3. The molecule has 0 fully saturated rings. The quantitative estimate of drug-likeness (QED) is 0.140. The molecule has 0 saturated heterocycles. The smallest absolute Gasteiger partial charge is 0.0710 e. The van der Waals surface area contributed by atoms with Crippen molar-refractivity contribution in [1.82, 2.24) is 0 Å². The van der Waals surface area contributed by atoms with Crippen molar-refractivity contribution in [2.75, 3.05) is 6.61 Å². The monoisotopic (exact) mass is 424 g/mol. The van der Waals surface area contributed by atoms with Gasteiger partial charge in [0.05, 0.1) is 5.60 Å². The Morgan fingerprint density at radius 1 is 0.467 bits per heavy atom. The van der Waals surface area contributed by atoms with Crippen LogP contribution in [0.2, 0.25) is 0 Å². The summed E-state index contributed by atoms with van der Waals surface area (Å²) < 4.78 is 6.74. The van der Waals surface area contributed by atoms with Gasteiger partial charge in [-0.3, -0.25) is 0 Å². The first-order valence-electron chi connectivity index (χ1n) is 14.3. The molecular weight excluding hydrogens is 364 g/mol. The summed E-state index contributed by atoms with van der Waals surface area (Å²) in [6.07, 6.45) is 28.9. The van der Waals surface area contributed by atoms with E-state index < -0.39 is 0 Å². The van der Waals surface area contributed by atoms with Crippen LogP contribution in [0.5, 0.6) is 0 Å². The Hall–Kier alpha value is -0.0400. The molecule has 1 unspecified atom stereocenters. The Morgan fingerprint density at radius 3 is 1.23 bits per heavy atom. The molecule has 0 heterocycles. The molecule has 1 heteroatoms. The summed E-state index contributed by atoms with van der Waals surface area (Å²) >= 11 is 0. The van der Waals surface area contributed by atoms with E-state index in [0.717, 1.165) is 18.9 Å². The highest BCUT2D eigenvalue weighted by Crippen LogP contribution is 2.39. The molecule has 0 N–H and O–H groups in total. The third-order valence-electron chi connectivity index (χ3n) is 7.00. The molecule has 0 aromatic rings. The van der Waals surface area contributed by atoms with Crippen LogP contribution in [-0.2, 0) is 4.74 Å². The van der Waals surface area contributed by atoms with Crippen molar-refractivity contribution in [1.29, 1.82) is 0 Å². The second-order valence-corrected chi connectivity index (χ2v) is 9.93. The first kappa shape index (κ1) is 30.0. The van der Waals surface area contributed by atoms with Crippen LogP contribution >= 0.6 is 0 Å². The standard InChI is InChI=1S/C29H60O/c1-6-11-13-15-17-18-20-22-24-28(23-21-19-16-14-12-7-2)29(25-8-3,26-9-4)30-27-10-5/h28H,6-27H2,1-5H3. The molecule has 0 spiro atoms. The van der Waals surface area contributed by atoms with Gasteiger partial charge in [-0.1, -0.05) is 137 Å². The third kappa shape index (κ3) is 14.9. The maximum absolute atomic E-state index is 6.74. The van der Waals surface area contributed by atoms with Crippen molar-refractivity contribution >= 4 is 0 Å². The average molecular weight is 425 g/mol. The van der Waals surface area contributed by atoms with Crippen molar-refractivity contribution in [2.45, 2.75) is 175 Å². The van der Waals surface area contributed by atoms with Gasteiger partial charge in [0.1, 0.15) is 0 Å². The highest BCUT2D eigenvalue weighted by Gasteiger charge is 2.37. The summed E-state index contributed by atoms with van der Waals surface area (Å²) in [6, 6.07) is 0. The molecule has 0 aromatic carbocycles. The van der Waals surface area contributed by atoms with Gasteiger partial charge in [-0.25, -0.2) is 0 Å². The molecule has 1 nitrogen and oxygen atoms in total. The number of unbranched alkanes of at least 4 members (excludes halogenated alkanes) is 12. The van der Waals surface area contributed by atoms with E-state index in [1.165, 1.54) is 128 Å². The van der Waals surface area contributed by atoms with Gasteiger partial charge in [-0.2, -0.15) is 0 Å². The fourth-order valence-electron chi connectivity index (χ4n) is 5.31. The fourth-order valence-corrected chi connectivity index (χ4v) is 5.31. The summed E-state index contributed by atoms with van der Waals surface area (Å²) in [5, 5.41) is 0. The van der Waals surface area contributed by atoms with Crippen LogP contribution in [0.3, 0.4) is 0 Å². The van der Waals surface area contributed by atoms with Crippen LogP contribution in [-0.4, -0.2) is 12.2 Å². The van der Waals surface area contributed by atoms with Crippen molar-refractivity contribution in [3.05, 3.63) is 0 Å². The second kappa shape index (κ2) is 22.2. The van der Waals surface area contributed by atoms with Crippen LogP contribution in [0.1, 0.15) is 169 Å². The average Bonchev–Trinajstić information content (AvgIpc) is 2.75. The van der Waals surface area contributed by atoms with E-state index >= 15 is 0 Å². The van der Waals surface area contributed by atoms with Gasteiger partial charge in [0.2, 0.25) is 0 Å². The summed E-state index contributed by atoms with van der Waals surface area (Å²) in [7, 11) is 0. The molecule has 0 amide bonds. The minimum Gasteiger partial charge on any atom is -0.375 e. The molecule has 1 atom stereocenters. The minimum absolute atomic E-state index is 0.157. The summed E-state index contributed by atoms with van der Waals surface area (Å²) in [5.41, 5.74) is 0.157. The van der Waals surface area contributed by atoms with Crippen LogP contribution in [0.4, 0.5) is 0 Å². The van der Waals surface area contributed by atoms with Crippen LogP contribution in [0, 0.1) is 5.92 Å². The van der Waals surface area contributed by atoms with E-state index in [9.17, 15) is 0 Å². The Bertz CT molecular complexity index is 318. The Kier molecular flexibility index (Phi) is 22.1. The lowest BCUT2D eigenvalue weighted by Crippen LogP contribution is -2.41. The highest BCUT2D eigenvalue weighted by molar-refractivity contribution is 4.88. The molecular formula is C29H60O. The second-order valence-electron chi connectivity index (χ2n) is 9.93. The van der Waals surface area contributed by atoms with Crippen molar-refractivity contribution in [3.63, 3.8) is 0 Å². The topological polar surface area (TPSA) is 9.23 Å². The van der Waals surface area contributed by atoms with E-state index in [1.54, 1.807) is 0 Å². The summed E-state index contributed by atoms with van der Waals surface area (Å²) in [4.78, 5) is 0. The number of rotatable bonds is 24. The van der Waals surface area contributed by atoms with Crippen LogP contribution < -0.4 is 0 Å². The van der Waals surface area contributed by atoms with Crippen molar-refractivity contribution in [3.8, 4) is 0 Å². The normalized spacial score (nSPS) is 13.1. The molecule has 0 aliphatic carbocycles. The van der Waals surface area contributed by atoms with Gasteiger partial charge >= 0.3 is 0 Å². The maximum atomic E-state index is 6.74. The van der Waals surface area contributed by atoms with E-state index in [-0.39, 0.29) is 5.60 Å². The highest BCUT2D eigenvalue weighted by atomic mass is 16.5. The predicted octanol–water partition coefficient (Wildman–Crippen LogP) is 10.6. The van der Waals surface area contributed by atoms with Crippen molar-refractivity contribution < 1.29 is 4.74 Å². The van der Waals surface area contributed by atoms with Gasteiger partial charge in [0.15, 0.2) is 0 Å². The molecule has 0 aliphatic rings. The molecule has 0 aliphatic heterocycles.